The number of ether oxygens (including phenoxy) is 2. The predicted molar refractivity (Wildman–Crippen MR) is 117 cm³/mol. The molecule has 1 amide bonds. The first-order valence-electron chi connectivity index (χ1n) is 9.77. The van der Waals surface area contributed by atoms with Gasteiger partial charge >= 0.3 is 0 Å². The van der Waals surface area contributed by atoms with E-state index in [-0.39, 0.29) is 45.0 Å². The lowest BCUT2D eigenvalue weighted by Crippen LogP contribution is -2.39. The average Bonchev–Trinajstić information content (AvgIpc) is 3.39. The molecule has 1 saturated heterocycles. The molecule has 0 N–H and O–H groups in total. The number of hydrogen-bond acceptors (Lipinski definition) is 7. The van der Waals surface area contributed by atoms with Crippen LogP contribution >= 0.6 is 11.6 Å². The number of nitro groups is 1. The van der Waals surface area contributed by atoms with Gasteiger partial charge in [-0.25, -0.2) is 8.42 Å². The lowest BCUT2D eigenvalue weighted by Gasteiger charge is -2.22. The predicted octanol–water partition coefficient (Wildman–Crippen LogP) is 3.96. The van der Waals surface area contributed by atoms with Gasteiger partial charge in [-0.05, 0) is 36.4 Å². The molecule has 0 aliphatic carbocycles. The van der Waals surface area contributed by atoms with E-state index in [2.05, 4.69) is 0 Å². The fourth-order valence-corrected chi connectivity index (χ4v) is 5.54. The molecule has 0 aromatic heterocycles. The summed E-state index contributed by atoms with van der Waals surface area (Å²) in [6, 6.07) is 15.8. The van der Waals surface area contributed by atoms with Gasteiger partial charge in [-0.1, -0.05) is 29.8 Å². The van der Waals surface area contributed by atoms with E-state index < -0.39 is 26.5 Å². The van der Waals surface area contributed by atoms with Crippen molar-refractivity contribution in [1.29, 1.82) is 0 Å². The molecule has 0 unspecified atom stereocenters. The first-order valence-corrected chi connectivity index (χ1v) is 11.6. The molecule has 3 aromatic rings. The fraction of sp³-hybridized carbons (Fsp3) is 0.136. The van der Waals surface area contributed by atoms with Crippen LogP contribution < -0.4 is 4.90 Å². The van der Waals surface area contributed by atoms with Crippen LogP contribution in [0.3, 0.4) is 0 Å². The summed E-state index contributed by atoms with van der Waals surface area (Å²) in [4.78, 5) is 25.3. The van der Waals surface area contributed by atoms with E-state index in [1.54, 1.807) is 18.2 Å². The van der Waals surface area contributed by atoms with Gasteiger partial charge in [0.25, 0.3) is 17.4 Å². The van der Waals surface area contributed by atoms with Gasteiger partial charge in [0.15, 0.2) is 0 Å². The van der Waals surface area contributed by atoms with Crippen LogP contribution in [0.5, 0.6) is 0 Å². The number of sulfone groups is 1. The number of halogens is 1. The zero-order valence-electron chi connectivity index (χ0n) is 16.8. The molecular weight excluding hydrogens is 472 g/mol. The van der Waals surface area contributed by atoms with E-state index in [1.165, 1.54) is 47.4 Å². The van der Waals surface area contributed by atoms with Crippen molar-refractivity contribution >= 4 is 44.4 Å². The van der Waals surface area contributed by atoms with Crippen LogP contribution in [-0.2, 0) is 29.9 Å². The number of rotatable bonds is 4. The van der Waals surface area contributed by atoms with E-state index in [4.69, 9.17) is 21.1 Å². The Morgan fingerprint density at radius 3 is 2.24 bits per heavy atom. The summed E-state index contributed by atoms with van der Waals surface area (Å²) in [5, 5.41) is 11.0. The number of nitro benzene ring substituents is 1. The minimum absolute atomic E-state index is 0.0282. The summed E-state index contributed by atoms with van der Waals surface area (Å²) >= 11 is 6.29. The van der Waals surface area contributed by atoms with Gasteiger partial charge in [-0.3, -0.25) is 19.8 Å². The van der Waals surface area contributed by atoms with E-state index in [9.17, 15) is 23.3 Å². The maximum atomic E-state index is 13.5. The zero-order chi connectivity index (χ0) is 23.4. The Hall–Kier alpha value is -3.31. The Morgan fingerprint density at radius 2 is 1.61 bits per heavy atom. The van der Waals surface area contributed by atoms with Crippen molar-refractivity contribution < 1.29 is 27.6 Å². The Balaban J connectivity index is 1.68. The van der Waals surface area contributed by atoms with E-state index in [0.29, 0.717) is 5.69 Å². The number of hydrogen-bond donors (Lipinski definition) is 0. The van der Waals surface area contributed by atoms with Gasteiger partial charge in [0.2, 0.25) is 9.84 Å². The number of fused-ring (bicyclic) bond motifs is 2. The number of non-ortho nitro benzene ring substituents is 1. The van der Waals surface area contributed by atoms with Crippen molar-refractivity contribution in [3.05, 3.63) is 87.4 Å². The summed E-state index contributed by atoms with van der Waals surface area (Å²) in [6.07, 6.45) is 0. The maximum absolute atomic E-state index is 13.5. The van der Waals surface area contributed by atoms with Crippen molar-refractivity contribution in [2.45, 2.75) is 15.6 Å². The van der Waals surface area contributed by atoms with E-state index >= 15 is 0 Å². The Labute approximate surface area is 193 Å². The van der Waals surface area contributed by atoms with Crippen LogP contribution in [0.4, 0.5) is 17.1 Å². The molecule has 2 aliphatic heterocycles. The topological polar surface area (TPSA) is 116 Å². The smallest absolute Gasteiger partial charge is 0.297 e. The minimum Gasteiger partial charge on any atom is -0.336 e. The molecule has 2 heterocycles. The quantitative estimate of drug-likeness (QED) is 0.404. The van der Waals surface area contributed by atoms with Crippen molar-refractivity contribution in [3.8, 4) is 0 Å². The van der Waals surface area contributed by atoms with Gasteiger partial charge in [0, 0.05) is 17.7 Å². The van der Waals surface area contributed by atoms with Gasteiger partial charge in [0.05, 0.1) is 44.3 Å². The van der Waals surface area contributed by atoms with Crippen LogP contribution in [0.2, 0.25) is 5.02 Å². The van der Waals surface area contributed by atoms with Crippen LogP contribution in [0, 0.1) is 10.1 Å². The number of carbonyl (C=O) groups excluding carboxylic acids is 1. The molecule has 168 valence electrons. The van der Waals surface area contributed by atoms with Gasteiger partial charge in [-0.15, -0.1) is 0 Å². The molecule has 3 aromatic carbocycles. The second kappa shape index (κ2) is 7.63. The van der Waals surface area contributed by atoms with Crippen molar-refractivity contribution in [3.63, 3.8) is 0 Å². The van der Waals surface area contributed by atoms with Crippen molar-refractivity contribution in [1.82, 2.24) is 0 Å². The first-order chi connectivity index (χ1) is 15.8. The molecule has 0 atom stereocenters. The highest BCUT2D eigenvalue weighted by Crippen LogP contribution is 2.51. The van der Waals surface area contributed by atoms with Crippen LogP contribution in [0.15, 0.2) is 76.5 Å². The van der Waals surface area contributed by atoms with Gasteiger partial charge in [-0.2, -0.15) is 0 Å². The summed E-state index contributed by atoms with van der Waals surface area (Å²) < 4.78 is 37.7. The highest BCUT2D eigenvalue weighted by atomic mass is 35.5. The zero-order valence-corrected chi connectivity index (χ0v) is 18.4. The molecule has 2 aliphatic rings. The standard InChI is InChI=1S/C22H15ClN2O7S/c23-18-12-14(25(27)28)6-8-20(18)24-19-9-7-16(33(29,30)15-4-2-1-3-5-15)13-17(19)22(21(24)26)31-10-11-32-22/h1-9,12-13H,10-11H2. The molecule has 5 rings (SSSR count). The van der Waals surface area contributed by atoms with Crippen LogP contribution in [0.1, 0.15) is 5.56 Å². The summed E-state index contributed by atoms with van der Waals surface area (Å²) in [5.41, 5.74) is 0.479. The third kappa shape index (κ3) is 3.22. The molecule has 11 heteroatoms. The Bertz CT molecular complexity index is 1400. The number of nitrogens with zero attached hydrogens (tertiary/aromatic N) is 2. The van der Waals surface area contributed by atoms with Gasteiger partial charge < -0.3 is 9.47 Å². The summed E-state index contributed by atoms with van der Waals surface area (Å²) in [6.45, 7) is 0.255. The largest absolute Gasteiger partial charge is 0.336 e. The lowest BCUT2D eigenvalue weighted by atomic mass is 10.1. The van der Waals surface area contributed by atoms with Crippen molar-refractivity contribution in [2.24, 2.45) is 0 Å². The third-order valence-electron chi connectivity index (χ3n) is 5.49. The Kier molecular flexibility index (Phi) is 4.98. The number of anilines is 2. The first kappa shape index (κ1) is 21.5. The molecule has 1 fully saturated rings. The number of amides is 1. The van der Waals surface area contributed by atoms with E-state index in [1.807, 2.05) is 0 Å². The molecular formula is C22H15ClN2O7S. The second-order valence-electron chi connectivity index (χ2n) is 7.34. The molecule has 9 nitrogen and oxygen atoms in total. The molecule has 33 heavy (non-hydrogen) atoms. The number of carbonyl (C=O) groups is 1. The molecule has 0 radical (unpaired) electrons. The minimum atomic E-state index is -3.87. The lowest BCUT2D eigenvalue weighted by molar-refractivity contribution is -0.384. The average molecular weight is 487 g/mol. The molecule has 0 saturated carbocycles. The van der Waals surface area contributed by atoms with E-state index in [0.717, 1.165) is 6.07 Å². The molecule has 0 bridgehead atoms. The maximum Gasteiger partial charge on any atom is 0.297 e. The normalized spacial score (nSPS) is 16.9. The second-order valence-corrected chi connectivity index (χ2v) is 9.70. The number of benzene rings is 3. The highest BCUT2D eigenvalue weighted by Gasteiger charge is 2.57. The fourth-order valence-electron chi connectivity index (χ4n) is 3.97. The monoisotopic (exact) mass is 486 g/mol. The highest BCUT2D eigenvalue weighted by molar-refractivity contribution is 7.91. The van der Waals surface area contributed by atoms with Gasteiger partial charge in [0.1, 0.15) is 0 Å². The van der Waals surface area contributed by atoms with Crippen molar-refractivity contribution in [2.75, 3.05) is 18.1 Å². The third-order valence-corrected chi connectivity index (χ3v) is 7.56. The SMILES string of the molecule is O=C1N(c2ccc([N+](=O)[O-])cc2Cl)c2ccc(S(=O)(=O)c3ccccc3)cc2C12OCCO2. The van der Waals surface area contributed by atoms with Crippen LogP contribution in [0.25, 0.3) is 0 Å². The Morgan fingerprint density at radius 1 is 0.939 bits per heavy atom. The summed E-state index contributed by atoms with van der Waals surface area (Å²) in [5.74, 6) is -2.46. The molecule has 1 spiro atoms. The van der Waals surface area contributed by atoms with Crippen LogP contribution in [-0.4, -0.2) is 32.5 Å². The summed E-state index contributed by atoms with van der Waals surface area (Å²) in [7, 11) is -3.87.